The minimum absolute atomic E-state index is 0.221. The second kappa shape index (κ2) is 6.42. The van der Waals surface area contributed by atoms with E-state index >= 15 is 0 Å². The molecular formula is C11H12BrF3N2O4S. The van der Waals surface area contributed by atoms with Crippen LogP contribution in [0.4, 0.5) is 13.2 Å². The lowest BCUT2D eigenvalue weighted by Gasteiger charge is -2.22. The highest BCUT2D eigenvalue weighted by Gasteiger charge is 2.47. The molecular weight excluding hydrogens is 393 g/mol. The SMILES string of the molecule is C=CCN(C(F)(F)F)S(=O)(=O)c1cn(C)c(C(=O)OC)c1Br. The number of alkyl halides is 3. The van der Waals surface area contributed by atoms with Crippen LogP contribution in [0.1, 0.15) is 10.5 Å². The van der Waals surface area contributed by atoms with Gasteiger partial charge in [-0.15, -0.1) is 10.9 Å². The summed E-state index contributed by atoms with van der Waals surface area (Å²) in [6, 6.07) is 0. The number of carbonyl (C=O) groups excluding carboxylic acids is 1. The van der Waals surface area contributed by atoms with Gasteiger partial charge in [0.15, 0.2) is 0 Å². The van der Waals surface area contributed by atoms with Gasteiger partial charge in [0.1, 0.15) is 10.6 Å². The summed E-state index contributed by atoms with van der Waals surface area (Å²) < 4.78 is 67.8. The van der Waals surface area contributed by atoms with Crippen LogP contribution in [0.3, 0.4) is 0 Å². The molecule has 0 spiro atoms. The van der Waals surface area contributed by atoms with Gasteiger partial charge in [0.25, 0.3) is 10.0 Å². The third kappa shape index (κ3) is 3.36. The summed E-state index contributed by atoms with van der Waals surface area (Å²) in [5, 5.41) is 0. The molecule has 0 N–H and O–H groups in total. The Balaban J connectivity index is 3.53. The highest BCUT2D eigenvalue weighted by Crippen LogP contribution is 2.34. The van der Waals surface area contributed by atoms with Crippen molar-refractivity contribution in [2.45, 2.75) is 11.2 Å². The fraction of sp³-hybridized carbons (Fsp3) is 0.364. The molecule has 1 heterocycles. The van der Waals surface area contributed by atoms with Crippen molar-refractivity contribution < 1.29 is 31.1 Å². The Bertz CT molecular complexity index is 697. The molecule has 0 aliphatic carbocycles. The molecule has 0 radical (unpaired) electrons. The number of halogens is 4. The molecule has 22 heavy (non-hydrogen) atoms. The number of hydrogen-bond donors (Lipinski definition) is 0. The second-order valence-corrected chi connectivity index (χ2v) is 6.67. The summed E-state index contributed by atoms with van der Waals surface area (Å²) in [6.45, 7) is 2.15. The molecule has 0 atom stereocenters. The molecule has 0 aliphatic heterocycles. The van der Waals surface area contributed by atoms with Crippen LogP contribution in [0.15, 0.2) is 28.2 Å². The molecule has 11 heteroatoms. The number of hydrogen-bond acceptors (Lipinski definition) is 4. The predicted octanol–water partition coefficient (Wildman–Crippen LogP) is 2.27. The minimum Gasteiger partial charge on any atom is -0.464 e. The standard InChI is InChI=1S/C11H12BrF3N2O4S/c1-4-5-17(11(13,14)15)22(19,20)7-6-16(2)9(8(7)12)10(18)21-3/h4,6H,1,5H2,2-3H3. The van der Waals surface area contributed by atoms with E-state index in [-0.39, 0.29) is 10.2 Å². The van der Waals surface area contributed by atoms with Crippen LogP contribution in [-0.2, 0) is 21.8 Å². The molecule has 0 fully saturated rings. The molecule has 6 nitrogen and oxygen atoms in total. The van der Waals surface area contributed by atoms with E-state index in [4.69, 9.17) is 0 Å². The number of rotatable bonds is 5. The first kappa shape index (κ1) is 18.7. The third-order valence-electron chi connectivity index (χ3n) is 2.61. The molecule has 124 valence electrons. The van der Waals surface area contributed by atoms with Gasteiger partial charge in [-0.05, 0) is 15.9 Å². The van der Waals surface area contributed by atoms with Crippen molar-refractivity contribution in [2.24, 2.45) is 7.05 Å². The van der Waals surface area contributed by atoms with Crippen molar-refractivity contribution in [1.82, 2.24) is 8.87 Å². The van der Waals surface area contributed by atoms with E-state index in [1.54, 1.807) is 0 Å². The van der Waals surface area contributed by atoms with Crippen molar-refractivity contribution in [3.8, 4) is 0 Å². The first-order chi connectivity index (χ1) is 9.98. The Kier molecular flexibility index (Phi) is 5.47. The summed E-state index contributed by atoms with van der Waals surface area (Å²) in [7, 11) is -2.56. The van der Waals surface area contributed by atoms with Gasteiger partial charge in [-0.25, -0.2) is 13.2 Å². The van der Waals surface area contributed by atoms with E-state index in [1.807, 2.05) is 0 Å². The molecule has 0 saturated carbocycles. The number of esters is 1. The second-order valence-electron chi connectivity index (χ2n) is 4.05. The zero-order valence-corrected chi connectivity index (χ0v) is 13.9. The maximum atomic E-state index is 12.9. The smallest absolute Gasteiger partial charge is 0.464 e. The predicted molar refractivity (Wildman–Crippen MR) is 74.6 cm³/mol. The molecule has 1 aromatic heterocycles. The van der Waals surface area contributed by atoms with Crippen LogP contribution in [0.2, 0.25) is 0 Å². The Morgan fingerprint density at radius 2 is 2.09 bits per heavy atom. The number of aryl methyl sites for hydroxylation is 1. The van der Waals surface area contributed by atoms with Crippen LogP contribution in [0.25, 0.3) is 0 Å². The number of sulfonamides is 1. The monoisotopic (exact) mass is 404 g/mol. The average Bonchev–Trinajstić information content (AvgIpc) is 2.69. The van der Waals surface area contributed by atoms with E-state index in [1.165, 1.54) is 7.05 Å². The molecule has 0 saturated heterocycles. The normalized spacial score (nSPS) is 12.5. The molecule has 1 rings (SSSR count). The molecule has 0 amide bonds. The van der Waals surface area contributed by atoms with E-state index in [0.29, 0.717) is 0 Å². The Morgan fingerprint density at radius 1 is 1.55 bits per heavy atom. The van der Waals surface area contributed by atoms with E-state index in [0.717, 1.165) is 23.9 Å². The van der Waals surface area contributed by atoms with Crippen molar-refractivity contribution in [3.63, 3.8) is 0 Å². The minimum atomic E-state index is -5.13. The fourth-order valence-corrected chi connectivity index (χ4v) is 4.24. The zero-order chi connectivity index (χ0) is 17.3. The van der Waals surface area contributed by atoms with Gasteiger partial charge in [-0.3, -0.25) is 0 Å². The lowest BCUT2D eigenvalue weighted by molar-refractivity contribution is -0.207. The zero-order valence-electron chi connectivity index (χ0n) is 11.5. The van der Waals surface area contributed by atoms with Gasteiger partial charge in [-0.2, -0.15) is 13.2 Å². The number of ether oxygens (including phenoxy) is 1. The van der Waals surface area contributed by atoms with E-state index in [2.05, 4.69) is 27.2 Å². The molecule has 1 aromatic rings. The van der Waals surface area contributed by atoms with Gasteiger partial charge in [0, 0.05) is 19.8 Å². The Hall–Kier alpha value is -1.33. The summed E-state index contributed by atoms with van der Waals surface area (Å²) in [5.74, 6) is -0.891. The maximum Gasteiger partial charge on any atom is 0.473 e. The lowest BCUT2D eigenvalue weighted by atomic mass is 10.4. The summed E-state index contributed by atoms with van der Waals surface area (Å²) >= 11 is 2.84. The van der Waals surface area contributed by atoms with Gasteiger partial charge >= 0.3 is 12.3 Å². The number of nitrogens with zero attached hydrogens (tertiary/aromatic N) is 2. The van der Waals surface area contributed by atoms with E-state index < -0.39 is 38.0 Å². The van der Waals surface area contributed by atoms with Crippen LogP contribution in [0.5, 0.6) is 0 Å². The lowest BCUT2D eigenvalue weighted by Crippen LogP contribution is -2.42. The van der Waals surface area contributed by atoms with Crippen LogP contribution in [-0.4, -0.2) is 43.2 Å². The highest BCUT2D eigenvalue weighted by molar-refractivity contribution is 9.10. The van der Waals surface area contributed by atoms with Crippen molar-refractivity contribution >= 4 is 31.9 Å². The van der Waals surface area contributed by atoms with Gasteiger partial charge in [0.2, 0.25) is 0 Å². The summed E-state index contributed by atoms with van der Waals surface area (Å²) in [4.78, 5) is 10.9. The third-order valence-corrected chi connectivity index (χ3v) is 5.48. The quantitative estimate of drug-likeness (QED) is 0.428. The number of aromatic nitrogens is 1. The largest absolute Gasteiger partial charge is 0.473 e. The first-order valence-corrected chi connectivity index (χ1v) is 7.85. The van der Waals surface area contributed by atoms with Gasteiger partial charge < -0.3 is 9.30 Å². The Labute approximate surface area is 133 Å². The summed E-state index contributed by atoms with van der Waals surface area (Å²) in [6.07, 6.45) is -3.43. The summed E-state index contributed by atoms with van der Waals surface area (Å²) in [5.41, 5.74) is -0.221. The average molecular weight is 405 g/mol. The molecule has 0 unspecified atom stereocenters. The van der Waals surface area contributed by atoms with Gasteiger partial charge in [-0.1, -0.05) is 6.08 Å². The maximum absolute atomic E-state index is 12.9. The Morgan fingerprint density at radius 3 is 2.50 bits per heavy atom. The highest BCUT2D eigenvalue weighted by atomic mass is 79.9. The van der Waals surface area contributed by atoms with Crippen molar-refractivity contribution in [3.05, 3.63) is 29.0 Å². The molecule has 0 aromatic carbocycles. The van der Waals surface area contributed by atoms with Crippen LogP contribution < -0.4 is 0 Å². The van der Waals surface area contributed by atoms with Crippen molar-refractivity contribution in [2.75, 3.05) is 13.7 Å². The van der Waals surface area contributed by atoms with E-state index in [9.17, 15) is 26.4 Å². The van der Waals surface area contributed by atoms with Crippen LogP contribution >= 0.6 is 15.9 Å². The van der Waals surface area contributed by atoms with Gasteiger partial charge in [0.05, 0.1) is 11.6 Å². The number of methoxy groups -OCH3 is 1. The van der Waals surface area contributed by atoms with Crippen molar-refractivity contribution in [1.29, 1.82) is 0 Å². The molecule has 0 bridgehead atoms. The van der Waals surface area contributed by atoms with Crippen LogP contribution in [0, 0.1) is 0 Å². The topological polar surface area (TPSA) is 68.6 Å². The number of carbonyl (C=O) groups is 1. The fourth-order valence-electron chi connectivity index (χ4n) is 1.65. The molecule has 0 aliphatic rings. The first-order valence-electron chi connectivity index (χ1n) is 5.62.